The average Bonchev–Trinajstić information content (AvgIpc) is 3.09. The summed E-state index contributed by atoms with van der Waals surface area (Å²) in [5, 5.41) is 4.10. The first-order chi connectivity index (χ1) is 14.0. The van der Waals surface area contributed by atoms with Crippen molar-refractivity contribution >= 4 is 34.2 Å². The van der Waals surface area contributed by atoms with Crippen molar-refractivity contribution in [2.45, 2.75) is 0 Å². The number of rotatable bonds is 5. The van der Waals surface area contributed by atoms with E-state index in [1.165, 1.54) is 6.33 Å². The van der Waals surface area contributed by atoms with E-state index in [4.69, 9.17) is 11.6 Å². The van der Waals surface area contributed by atoms with Crippen molar-refractivity contribution in [1.82, 2.24) is 19.4 Å². The number of para-hydroxylation sites is 1. The van der Waals surface area contributed by atoms with Crippen LogP contribution in [0.25, 0.3) is 27.8 Å². The molecule has 0 fully saturated rings. The highest BCUT2D eigenvalue weighted by Gasteiger charge is 2.17. The van der Waals surface area contributed by atoms with Crippen LogP contribution >= 0.6 is 11.6 Å². The zero-order chi connectivity index (χ0) is 20.4. The number of benzene rings is 2. The molecular weight excluding hydrogens is 386 g/mol. The number of amides is 1. The molecule has 0 bridgehead atoms. The maximum absolute atomic E-state index is 12.1. The first-order valence-corrected chi connectivity index (χ1v) is 9.53. The van der Waals surface area contributed by atoms with Gasteiger partial charge in [-0.05, 0) is 43.9 Å². The molecule has 2 heterocycles. The Morgan fingerprint density at radius 2 is 1.90 bits per heavy atom. The number of carbonyl (C=O) groups excluding carboxylic acids is 1. The Labute approximate surface area is 173 Å². The fraction of sp³-hybridized carbons (Fsp3) is 0.136. The van der Waals surface area contributed by atoms with Gasteiger partial charge in [-0.1, -0.05) is 41.9 Å². The monoisotopic (exact) mass is 405 g/mol. The molecule has 1 N–H and O–H groups in total. The van der Waals surface area contributed by atoms with E-state index in [1.54, 1.807) is 0 Å². The van der Waals surface area contributed by atoms with Crippen molar-refractivity contribution in [3.8, 4) is 16.8 Å². The van der Waals surface area contributed by atoms with E-state index in [-0.39, 0.29) is 5.91 Å². The normalized spacial score (nSPS) is 11.2. The molecule has 4 rings (SSSR count). The minimum atomic E-state index is -0.0692. The summed E-state index contributed by atoms with van der Waals surface area (Å²) in [4.78, 5) is 22.6. The van der Waals surface area contributed by atoms with E-state index < -0.39 is 0 Å². The number of fused-ring (bicyclic) bond motifs is 1. The van der Waals surface area contributed by atoms with Gasteiger partial charge in [0.15, 0.2) is 0 Å². The molecule has 4 aromatic rings. The molecule has 0 radical (unpaired) electrons. The Morgan fingerprint density at radius 3 is 2.66 bits per heavy atom. The molecule has 2 aromatic heterocycles. The minimum Gasteiger partial charge on any atom is -0.325 e. The number of anilines is 1. The highest BCUT2D eigenvalue weighted by atomic mass is 35.5. The zero-order valence-electron chi connectivity index (χ0n) is 16.1. The molecule has 146 valence electrons. The molecule has 29 heavy (non-hydrogen) atoms. The summed E-state index contributed by atoms with van der Waals surface area (Å²) in [6, 6.07) is 17.6. The fourth-order valence-corrected chi connectivity index (χ4v) is 3.51. The summed E-state index contributed by atoms with van der Waals surface area (Å²) in [5.41, 5.74) is 4.26. The molecule has 2 aromatic carbocycles. The van der Waals surface area contributed by atoms with Gasteiger partial charge < -0.3 is 14.8 Å². The fourth-order valence-electron chi connectivity index (χ4n) is 3.28. The SMILES string of the molecule is CN(C)CC(=O)Nc1cccc(-c2cn(-c3ccccc3)c3ncnc(Cl)c23)c1. The Balaban J connectivity index is 1.81. The molecule has 0 spiro atoms. The van der Waals surface area contributed by atoms with Gasteiger partial charge in [-0.2, -0.15) is 0 Å². The Hall–Kier alpha value is -3.22. The van der Waals surface area contributed by atoms with Crippen molar-refractivity contribution in [1.29, 1.82) is 0 Å². The van der Waals surface area contributed by atoms with Crippen molar-refractivity contribution < 1.29 is 4.79 Å². The quantitative estimate of drug-likeness (QED) is 0.504. The molecule has 0 saturated heterocycles. The van der Waals surface area contributed by atoms with Crippen LogP contribution in [0.1, 0.15) is 0 Å². The van der Waals surface area contributed by atoms with Crippen molar-refractivity contribution in [2.75, 3.05) is 26.0 Å². The number of nitrogens with zero attached hydrogens (tertiary/aromatic N) is 4. The molecule has 6 nitrogen and oxygen atoms in total. The Morgan fingerprint density at radius 1 is 1.10 bits per heavy atom. The van der Waals surface area contributed by atoms with E-state index in [0.717, 1.165) is 33.5 Å². The van der Waals surface area contributed by atoms with Gasteiger partial charge in [0.25, 0.3) is 0 Å². The standard InChI is InChI=1S/C22H20ClN5O/c1-27(2)13-19(29)26-16-8-6-7-15(11-16)18-12-28(17-9-4-3-5-10-17)22-20(18)21(23)24-14-25-22/h3-12,14H,13H2,1-2H3,(H,26,29). The Bertz CT molecular complexity index is 1170. The number of nitrogens with one attached hydrogen (secondary N) is 1. The van der Waals surface area contributed by atoms with Gasteiger partial charge in [0.05, 0.1) is 11.9 Å². The largest absolute Gasteiger partial charge is 0.325 e. The summed E-state index contributed by atoms with van der Waals surface area (Å²) >= 11 is 6.45. The topological polar surface area (TPSA) is 63.1 Å². The van der Waals surface area contributed by atoms with Crippen molar-refractivity contribution in [2.24, 2.45) is 0 Å². The second-order valence-corrected chi connectivity index (χ2v) is 7.34. The molecule has 0 aliphatic rings. The van der Waals surface area contributed by atoms with E-state index in [1.807, 2.05) is 84.4 Å². The van der Waals surface area contributed by atoms with Crippen molar-refractivity contribution in [3.63, 3.8) is 0 Å². The van der Waals surface area contributed by atoms with Gasteiger partial charge >= 0.3 is 0 Å². The number of hydrogen-bond donors (Lipinski definition) is 1. The smallest absolute Gasteiger partial charge is 0.238 e. The highest BCUT2D eigenvalue weighted by Crippen LogP contribution is 2.35. The van der Waals surface area contributed by atoms with Crippen LogP contribution < -0.4 is 5.32 Å². The highest BCUT2D eigenvalue weighted by molar-refractivity contribution is 6.35. The Kier molecular flexibility index (Phi) is 5.29. The summed E-state index contributed by atoms with van der Waals surface area (Å²) < 4.78 is 2.00. The van der Waals surface area contributed by atoms with Gasteiger partial charge in [-0.15, -0.1) is 0 Å². The van der Waals surface area contributed by atoms with Gasteiger partial charge in [-0.3, -0.25) is 4.79 Å². The third kappa shape index (κ3) is 3.99. The number of hydrogen-bond acceptors (Lipinski definition) is 4. The summed E-state index contributed by atoms with van der Waals surface area (Å²) in [6.45, 7) is 0.317. The van der Waals surface area contributed by atoms with E-state index in [2.05, 4.69) is 15.3 Å². The van der Waals surface area contributed by atoms with Crippen LogP contribution in [-0.4, -0.2) is 46.0 Å². The van der Waals surface area contributed by atoms with Crippen LogP contribution in [0, 0.1) is 0 Å². The zero-order valence-corrected chi connectivity index (χ0v) is 16.9. The molecule has 0 atom stereocenters. The summed E-state index contributed by atoms with van der Waals surface area (Å²) in [5.74, 6) is -0.0692. The lowest BCUT2D eigenvalue weighted by Crippen LogP contribution is -2.27. The van der Waals surface area contributed by atoms with Gasteiger partial charge in [-0.25, -0.2) is 9.97 Å². The summed E-state index contributed by atoms with van der Waals surface area (Å²) in [7, 11) is 3.72. The van der Waals surface area contributed by atoms with Gasteiger partial charge in [0, 0.05) is 23.1 Å². The number of likely N-dealkylation sites (N-methyl/N-ethyl adjacent to an activating group) is 1. The van der Waals surface area contributed by atoms with E-state index in [0.29, 0.717) is 11.7 Å². The van der Waals surface area contributed by atoms with Crippen molar-refractivity contribution in [3.05, 3.63) is 72.3 Å². The molecule has 0 saturated carbocycles. The lowest BCUT2D eigenvalue weighted by Gasteiger charge is -2.11. The number of aromatic nitrogens is 3. The lowest BCUT2D eigenvalue weighted by molar-refractivity contribution is -0.116. The molecule has 7 heteroatoms. The molecular formula is C22H20ClN5O. The first kappa shape index (κ1) is 19.1. The van der Waals surface area contributed by atoms with Crippen LogP contribution in [-0.2, 0) is 4.79 Å². The van der Waals surface area contributed by atoms with Gasteiger partial charge in [0.2, 0.25) is 5.91 Å². The number of carbonyl (C=O) groups is 1. The van der Waals surface area contributed by atoms with Gasteiger partial charge in [0.1, 0.15) is 17.1 Å². The molecule has 0 aliphatic carbocycles. The molecule has 1 amide bonds. The molecule has 0 unspecified atom stereocenters. The lowest BCUT2D eigenvalue weighted by atomic mass is 10.1. The van der Waals surface area contributed by atoms with Crippen LogP contribution in [0.5, 0.6) is 0 Å². The third-order valence-corrected chi connectivity index (χ3v) is 4.77. The van der Waals surface area contributed by atoms with E-state index in [9.17, 15) is 4.79 Å². The maximum Gasteiger partial charge on any atom is 0.238 e. The van der Waals surface area contributed by atoms with Crippen LogP contribution in [0.15, 0.2) is 67.1 Å². The second kappa shape index (κ2) is 8.03. The minimum absolute atomic E-state index is 0.0692. The average molecular weight is 406 g/mol. The third-order valence-electron chi connectivity index (χ3n) is 4.49. The summed E-state index contributed by atoms with van der Waals surface area (Å²) in [6.07, 6.45) is 3.47. The maximum atomic E-state index is 12.1. The van der Waals surface area contributed by atoms with Crippen LogP contribution in [0.2, 0.25) is 5.15 Å². The first-order valence-electron chi connectivity index (χ1n) is 9.15. The predicted octanol–water partition coefficient (Wildman–Crippen LogP) is 4.24. The van der Waals surface area contributed by atoms with Crippen LogP contribution in [0.4, 0.5) is 5.69 Å². The van der Waals surface area contributed by atoms with E-state index >= 15 is 0 Å². The molecule has 0 aliphatic heterocycles. The number of halogens is 1. The predicted molar refractivity (Wildman–Crippen MR) is 116 cm³/mol. The second-order valence-electron chi connectivity index (χ2n) is 6.98. The van der Waals surface area contributed by atoms with Crippen LogP contribution in [0.3, 0.4) is 0 Å².